The molecule has 3 heteroatoms. The minimum Gasteiger partial charge on any atom is -0.353 e. The maximum absolute atomic E-state index is 4.59. The lowest BCUT2D eigenvalue weighted by atomic mass is 9.87. The topological polar surface area (TPSA) is 29.9 Å². The van der Waals surface area contributed by atoms with Gasteiger partial charge in [0.05, 0.1) is 5.69 Å². The highest BCUT2D eigenvalue weighted by Crippen LogP contribution is 2.25. The van der Waals surface area contributed by atoms with Crippen molar-refractivity contribution in [1.82, 2.24) is 9.55 Å². The van der Waals surface area contributed by atoms with E-state index in [1.807, 2.05) is 0 Å². The molecule has 1 aliphatic rings. The maximum Gasteiger partial charge on any atom is 0.203 e. The van der Waals surface area contributed by atoms with Gasteiger partial charge in [-0.25, -0.2) is 4.98 Å². The summed E-state index contributed by atoms with van der Waals surface area (Å²) in [5, 5.41) is 3.63. The smallest absolute Gasteiger partial charge is 0.203 e. The molecule has 1 heterocycles. The second-order valence-corrected chi connectivity index (χ2v) is 5.50. The minimum absolute atomic E-state index is 0.628. The number of nitrogens with one attached hydrogen (secondary N) is 1. The van der Waals surface area contributed by atoms with Crippen LogP contribution in [0.3, 0.4) is 0 Å². The lowest BCUT2D eigenvalue weighted by Gasteiger charge is -2.27. The molecule has 1 aromatic heterocycles. The van der Waals surface area contributed by atoms with Crippen molar-refractivity contribution in [3.8, 4) is 0 Å². The zero-order chi connectivity index (χ0) is 12.3. The number of imidazole rings is 1. The Morgan fingerprint density at radius 2 is 2.06 bits per heavy atom. The van der Waals surface area contributed by atoms with Crippen LogP contribution in [0.1, 0.15) is 51.6 Å². The van der Waals surface area contributed by atoms with Gasteiger partial charge in [0.2, 0.25) is 5.95 Å². The fraction of sp³-hybridized carbons (Fsp3) is 0.786. The summed E-state index contributed by atoms with van der Waals surface area (Å²) in [4.78, 5) is 4.59. The molecule has 1 N–H and O–H groups in total. The minimum atomic E-state index is 0.628. The molecule has 0 aromatic carbocycles. The zero-order valence-corrected chi connectivity index (χ0v) is 11.4. The Kier molecular flexibility index (Phi) is 4.08. The van der Waals surface area contributed by atoms with Crippen LogP contribution in [0.5, 0.6) is 0 Å². The number of aryl methyl sites for hydroxylation is 2. The van der Waals surface area contributed by atoms with Gasteiger partial charge >= 0.3 is 0 Å². The highest BCUT2D eigenvalue weighted by atomic mass is 15.2. The molecular formula is C14H25N3. The Bertz CT molecular complexity index is 348. The first kappa shape index (κ1) is 12.5. The number of nitrogens with zero attached hydrogens (tertiary/aromatic N) is 2. The summed E-state index contributed by atoms with van der Waals surface area (Å²) in [5.74, 6) is 1.98. The third-order valence-corrected chi connectivity index (χ3v) is 3.71. The summed E-state index contributed by atoms with van der Waals surface area (Å²) in [7, 11) is 0. The van der Waals surface area contributed by atoms with Crippen LogP contribution in [0.15, 0.2) is 6.20 Å². The molecule has 0 spiro atoms. The van der Waals surface area contributed by atoms with Gasteiger partial charge in [0.25, 0.3) is 0 Å². The fourth-order valence-corrected chi connectivity index (χ4v) is 2.66. The molecule has 0 atom stereocenters. The first-order valence-corrected chi connectivity index (χ1v) is 6.99. The van der Waals surface area contributed by atoms with Gasteiger partial charge in [0.15, 0.2) is 0 Å². The van der Waals surface area contributed by atoms with E-state index in [0.29, 0.717) is 6.04 Å². The van der Waals surface area contributed by atoms with Gasteiger partial charge in [-0.05, 0) is 44.9 Å². The lowest BCUT2D eigenvalue weighted by molar-refractivity contribution is 0.359. The van der Waals surface area contributed by atoms with Crippen LogP contribution in [-0.2, 0) is 6.54 Å². The summed E-state index contributed by atoms with van der Waals surface area (Å²) in [5.41, 5.74) is 1.12. The largest absolute Gasteiger partial charge is 0.353 e. The Morgan fingerprint density at radius 1 is 1.35 bits per heavy atom. The number of hydrogen-bond acceptors (Lipinski definition) is 2. The van der Waals surface area contributed by atoms with Crippen molar-refractivity contribution in [2.75, 3.05) is 5.32 Å². The average Bonchev–Trinajstić information content (AvgIpc) is 2.63. The van der Waals surface area contributed by atoms with E-state index >= 15 is 0 Å². The quantitative estimate of drug-likeness (QED) is 0.864. The predicted molar refractivity (Wildman–Crippen MR) is 72.3 cm³/mol. The van der Waals surface area contributed by atoms with E-state index < -0.39 is 0 Å². The van der Waals surface area contributed by atoms with Crippen LogP contribution in [-0.4, -0.2) is 15.6 Å². The molecule has 1 aromatic rings. The van der Waals surface area contributed by atoms with Gasteiger partial charge in [-0.15, -0.1) is 0 Å². The molecule has 1 fully saturated rings. The van der Waals surface area contributed by atoms with E-state index in [1.165, 1.54) is 25.7 Å². The summed E-state index contributed by atoms with van der Waals surface area (Å²) < 4.78 is 2.26. The average molecular weight is 235 g/mol. The molecule has 0 radical (unpaired) electrons. The Balaban J connectivity index is 1.97. The van der Waals surface area contributed by atoms with Crippen LogP contribution in [0.25, 0.3) is 0 Å². The van der Waals surface area contributed by atoms with Crippen molar-refractivity contribution in [2.24, 2.45) is 5.92 Å². The van der Waals surface area contributed by atoms with E-state index in [4.69, 9.17) is 0 Å². The van der Waals surface area contributed by atoms with Crippen molar-refractivity contribution in [1.29, 1.82) is 0 Å². The molecule has 0 amide bonds. The van der Waals surface area contributed by atoms with Crippen molar-refractivity contribution in [2.45, 2.75) is 65.5 Å². The summed E-state index contributed by atoms with van der Waals surface area (Å²) >= 11 is 0. The molecule has 3 nitrogen and oxygen atoms in total. The van der Waals surface area contributed by atoms with E-state index in [1.54, 1.807) is 0 Å². The highest BCUT2D eigenvalue weighted by molar-refractivity contribution is 5.30. The van der Waals surface area contributed by atoms with Crippen LogP contribution < -0.4 is 5.32 Å². The molecule has 2 rings (SSSR count). The van der Waals surface area contributed by atoms with Crippen LogP contribution >= 0.6 is 0 Å². The van der Waals surface area contributed by atoms with Gasteiger partial charge in [0, 0.05) is 18.8 Å². The maximum atomic E-state index is 4.59. The van der Waals surface area contributed by atoms with E-state index in [2.05, 4.69) is 41.8 Å². The normalized spacial score (nSPS) is 24.9. The zero-order valence-electron chi connectivity index (χ0n) is 11.4. The van der Waals surface area contributed by atoms with Gasteiger partial charge in [-0.3, -0.25) is 0 Å². The van der Waals surface area contributed by atoms with E-state index in [9.17, 15) is 0 Å². The lowest BCUT2D eigenvalue weighted by Crippen LogP contribution is -2.26. The van der Waals surface area contributed by atoms with Crippen LogP contribution in [0.2, 0.25) is 0 Å². The monoisotopic (exact) mass is 235 g/mol. The van der Waals surface area contributed by atoms with Crippen LogP contribution in [0.4, 0.5) is 5.95 Å². The summed E-state index contributed by atoms with van der Waals surface area (Å²) in [6.07, 6.45) is 8.60. The molecule has 0 saturated heterocycles. The fourth-order valence-electron chi connectivity index (χ4n) is 2.66. The van der Waals surface area contributed by atoms with Crippen LogP contribution in [0, 0.1) is 12.8 Å². The second kappa shape index (κ2) is 5.56. The first-order chi connectivity index (χ1) is 8.19. The molecule has 1 saturated carbocycles. The molecule has 0 unspecified atom stereocenters. The van der Waals surface area contributed by atoms with E-state index in [0.717, 1.165) is 30.5 Å². The second-order valence-electron chi connectivity index (χ2n) is 5.50. The van der Waals surface area contributed by atoms with Crippen molar-refractivity contribution in [3.05, 3.63) is 11.9 Å². The van der Waals surface area contributed by atoms with Gasteiger partial charge in [0.1, 0.15) is 0 Å². The molecule has 17 heavy (non-hydrogen) atoms. The molecule has 96 valence electrons. The number of rotatable bonds is 4. The highest BCUT2D eigenvalue weighted by Gasteiger charge is 2.19. The predicted octanol–water partition coefficient (Wildman–Crippen LogP) is 3.59. The number of aromatic nitrogens is 2. The Labute approximate surface area is 105 Å². The van der Waals surface area contributed by atoms with E-state index in [-0.39, 0.29) is 0 Å². The van der Waals surface area contributed by atoms with Crippen molar-refractivity contribution < 1.29 is 0 Å². The third kappa shape index (κ3) is 3.24. The van der Waals surface area contributed by atoms with Gasteiger partial charge in [-0.1, -0.05) is 13.8 Å². The third-order valence-electron chi connectivity index (χ3n) is 3.71. The molecule has 0 bridgehead atoms. The molecule has 0 aliphatic heterocycles. The SMILES string of the molecule is CCCn1cc(C)nc1NC1CCC(C)CC1. The number of hydrogen-bond donors (Lipinski definition) is 1. The van der Waals surface area contributed by atoms with Crippen molar-refractivity contribution in [3.63, 3.8) is 0 Å². The molecular weight excluding hydrogens is 210 g/mol. The number of anilines is 1. The van der Waals surface area contributed by atoms with Crippen molar-refractivity contribution >= 4 is 5.95 Å². The Morgan fingerprint density at radius 3 is 2.71 bits per heavy atom. The van der Waals surface area contributed by atoms with Gasteiger partial charge in [-0.2, -0.15) is 0 Å². The summed E-state index contributed by atoms with van der Waals surface area (Å²) in [6.45, 7) is 7.70. The van der Waals surface area contributed by atoms with Gasteiger partial charge < -0.3 is 9.88 Å². The standard InChI is InChI=1S/C14H25N3/c1-4-9-17-10-12(3)15-14(17)16-13-7-5-11(2)6-8-13/h10-11,13H,4-9H2,1-3H3,(H,15,16). The molecule has 1 aliphatic carbocycles. The summed E-state index contributed by atoms with van der Waals surface area (Å²) in [6, 6.07) is 0.628. The first-order valence-electron chi connectivity index (χ1n) is 6.99. The Hall–Kier alpha value is -0.990.